The number of carbonyl (C=O) groups is 1. The first-order chi connectivity index (χ1) is 10.6. The van der Waals surface area contributed by atoms with Crippen LogP contribution in [0.5, 0.6) is 0 Å². The van der Waals surface area contributed by atoms with E-state index < -0.39 is 16.0 Å². The summed E-state index contributed by atoms with van der Waals surface area (Å²) in [5, 5.41) is 0.269. The van der Waals surface area contributed by atoms with Crippen molar-refractivity contribution < 1.29 is 17.9 Å². The maximum Gasteiger partial charge on any atom is 0.339 e. The lowest BCUT2D eigenvalue weighted by molar-refractivity contribution is 0.0596. The molecule has 6 nitrogen and oxygen atoms in total. The quantitative estimate of drug-likeness (QED) is 0.791. The number of hydrogen-bond acceptors (Lipinski definition) is 5. The molecular formula is C15H22Cl2N2O4S. The summed E-state index contributed by atoms with van der Waals surface area (Å²) in [7, 11) is -2.64. The van der Waals surface area contributed by atoms with Crippen LogP contribution in [0.15, 0.2) is 23.1 Å². The number of carbonyl (C=O) groups excluding carboxylic acids is 1. The first kappa shape index (κ1) is 21.2. The number of methoxy groups -OCH3 is 1. The molecule has 1 fully saturated rings. The fourth-order valence-corrected chi connectivity index (χ4v) is 4.62. The highest BCUT2D eigenvalue weighted by Crippen LogP contribution is 2.32. The molecule has 1 heterocycles. The van der Waals surface area contributed by atoms with Crippen molar-refractivity contribution in [2.75, 3.05) is 20.2 Å². The standard InChI is InChI=1S/C15H21ClN2O4S.ClH/c1-15(2)9-18(7-6-13(15)17)23(20,21)12-5-4-10(16)8-11(12)14(19)22-3;/h4-5,8,13H,6-7,9,17H2,1-3H3;1H. The fraction of sp³-hybridized carbons (Fsp3) is 0.533. The smallest absolute Gasteiger partial charge is 0.339 e. The second-order valence-corrected chi connectivity index (χ2v) is 8.70. The lowest BCUT2D eigenvalue weighted by Gasteiger charge is -2.41. The Labute approximate surface area is 153 Å². The number of esters is 1. The second-order valence-electron chi connectivity index (χ2n) is 6.35. The highest BCUT2D eigenvalue weighted by molar-refractivity contribution is 7.89. The second kappa shape index (κ2) is 7.58. The van der Waals surface area contributed by atoms with E-state index >= 15 is 0 Å². The van der Waals surface area contributed by atoms with Gasteiger partial charge >= 0.3 is 5.97 Å². The molecule has 24 heavy (non-hydrogen) atoms. The number of nitrogens with zero attached hydrogens (tertiary/aromatic N) is 1. The molecule has 1 aliphatic heterocycles. The van der Waals surface area contributed by atoms with E-state index in [4.69, 9.17) is 17.3 Å². The zero-order valence-corrected chi connectivity index (χ0v) is 16.2. The van der Waals surface area contributed by atoms with Gasteiger partial charge in [-0.15, -0.1) is 12.4 Å². The molecule has 1 aromatic carbocycles. The Morgan fingerprint density at radius 1 is 1.42 bits per heavy atom. The van der Waals surface area contributed by atoms with Crippen LogP contribution in [-0.2, 0) is 14.8 Å². The SMILES string of the molecule is COC(=O)c1cc(Cl)ccc1S(=O)(=O)N1CCC(N)C(C)(C)C1.Cl. The summed E-state index contributed by atoms with van der Waals surface area (Å²) in [5.74, 6) is -0.737. The maximum atomic E-state index is 13.0. The van der Waals surface area contributed by atoms with Gasteiger partial charge in [0.1, 0.15) is 0 Å². The molecule has 1 saturated heterocycles. The summed E-state index contributed by atoms with van der Waals surface area (Å²) < 4.78 is 32.0. The summed E-state index contributed by atoms with van der Waals surface area (Å²) in [4.78, 5) is 11.8. The molecular weight excluding hydrogens is 375 g/mol. The minimum absolute atomic E-state index is 0. The van der Waals surface area contributed by atoms with Crippen molar-refractivity contribution in [3.05, 3.63) is 28.8 Å². The average molecular weight is 397 g/mol. The number of sulfonamides is 1. The number of hydrogen-bond donors (Lipinski definition) is 1. The molecule has 1 aliphatic rings. The van der Waals surface area contributed by atoms with E-state index in [-0.39, 0.29) is 39.3 Å². The summed E-state index contributed by atoms with van der Waals surface area (Å²) in [6, 6.07) is 4.02. The molecule has 0 bridgehead atoms. The van der Waals surface area contributed by atoms with Gasteiger partial charge in [0, 0.05) is 24.2 Å². The van der Waals surface area contributed by atoms with Crippen molar-refractivity contribution in [2.24, 2.45) is 11.1 Å². The molecule has 0 amide bonds. The Hall–Kier alpha value is -0.860. The van der Waals surface area contributed by atoms with Gasteiger partial charge in [-0.05, 0) is 30.0 Å². The van der Waals surface area contributed by atoms with Crippen LogP contribution in [0, 0.1) is 5.41 Å². The van der Waals surface area contributed by atoms with Crippen LogP contribution in [0.25, 0.3) is 0 Å². The molecule has 0 spiro atoms. The molecule has 1 atom stereocenters. The minimum atomic E-state index is -3.84. The number of halogens is 2. The van der Waals surface area contributed by atoms with Gasteiger partial charge in [-0.3, -0.25) is 0 Å². The first-order valence-electron chi connectivity index (χ1n) is 7.23. The van der Waals surface area contributed by atoms with Crippen molar-refractivity contribution in [3.63, 3.8) is 0 Å². The van der Waals surface area contributed by atoms with Crippen molar-refractivity contribution in [1.29, 1.82) is 0 Å². The topological polar surface area (TPSA) is 89.7 Å². The van der Waals surface area contributed by atoms with E-state index in [1.807, 2.05) is 13.8 Å². The number of benzene rings is 1. The van der Waals surface area contributed by atoms with Crippen LogP contribution in [-0.4, -0.2) is 44.9 Å². The van der Waals surface area contributed by atoms with Crippen LogP contribution in [0.2, 0.25) is 5.02 Å². The van der Waals surface area contributed by atoms with Crippen LogP contribution < -0.4 is 5.73 Å². The van der Waals surface area contributed by atoms with E-state index in [0.29, 0.717) is 19.5 Å². The average Bonchev–Trinajstić information content (AvgIpc) is 2.48. The Morgan fingerprint density at radius 2 is 2.04 bits per heavy atom. The summed E-state index contributed by atoms with van der Waals surface area (Å²) in [6.07, 6.45) is 0.563. The molecule has 136 valence electrons. The van der Waals surface area contributed by atoms with E-state index in [1.165, 1.54) is 29.6 Å². The number of ether oxygens (including phenoxy) is 1. The third-order valence-corrected chi connectivity index (χ3v) is 6.38. The predicted molar refractivity (Wildman–Crippen MR) is 95.2 cm³/mol. The van der Waals surface area contributed by atoms with Gasteiger partial charge in [0.05, 0.1) is 17.6 Å². The van der Waals surface area contributed by atoms with E-state index in [9.17, 15) is 13.2 Å². The summed E-state index contributed by atoms with van der Waals surface area (Å²) >= 11 is 5.89. The Balaban J connectivity index is 0.00000288. The van der Waals surface area contributed by atoms with Gasteiger partial charge < -0.3 is 10.5 Å². The van der Waals surface area contributed by atoms with Crippen molar-refractivity contribution in [3.8, 4) is 0 Å². The van der Waals surface area contributed by atoms with Crippen molar-refractivity contribution in [2.45, 2.75) is 31.2 Å². The molecule has 1 unspecified atom stereocenters. The van der Waals surface area contributed by atoms with Crippen LogP contribution >= 0.6 is 24.0 Å². The predicted octanol–water partition coefficient (Wildman–Crippen LogP) is 2.30. The molecule has 2 rings (SSSR count). The number of nitrogens with two attached hydrogens (primary N) is 1. The first-order valence-corrected chi connectivity index (χ1v) is 9.05. The van der Waals surface area contributed by atoms with Crippen molar-refractivity contribution >= 4 is 40.0 Å². The van der Waals surface area contributed by atoms with Gasteiger partial charge in [0.15, 0.2) is 0 Å². The van der Waals surface area contributed by atoms with Gasteiger partial charge in [-0.25, -0.2) is 13.2 Å². The number of piperidine rings is 1. The third kappa shape index (κ3) is 4.03. The molecule has 9 heteroatoms. The maximum absolute atomic E-state index is 13.0. The number of rotatable bonds is 3. The van der Waals surface area contributed by atoms with Gasteiger partial charge in [0.25, 0.3) is 0 Å². The fourth-order valence-electron chi connectivity index (χ4n) is 2.67. The van der Waals surface area contributed by atoms with Crippen LogP contribution in [0.4, 0.5) is 0 Å². The Morgan fingerprint density at radius 3 is 2.58 bits per heavy atom. The zero-order chi connectivity index (χ0) is 17.4. The molecule has 1 aromatic rings. The Kier molecular flexibility index (Phi) is 6.69. The van der Waals surface area contributed by atoms with E-state index in [0.717, 1.165) is 0 Å². The normalized spacial score (nSPS) is 21.0. The lowest BCUT2D eigenvalue weighted by Crippen LogP contribution is -2.54. The zero-order valence-electron chi connectivity index (χ0n) is 13.8. The van der Waals surface area contributed by atoms with Crippen LogP contribution in [0.1, 0.15) is 30.6 Å². The van der Waals surface area contributed by atoms with Crippen molar-refractivity contribution in [1.82, 2.24) is 4.31 Å². The van der Waals surface area contributed by atoms with E-state index in [2.05, 4.69) is 4.74 Å². The molecule has 0 aliphatic carbocycles. The van der Waals surface area contributed by atoms with Crippen LogP contribution in [0.3, 0.4) is 0 Å². The molecule has 2 N–H and O–H groups in total. The Bertz CT molecular complexity index is 722. The molecule has 0 saturated carbocycles. The monoisotopic (exact) mass is 396 g/mol. The largest absolute Gasteiger partial charge is 0.465 e. The third-order valence-electron chi connectivity index (χ3n) is 4.24. The minimum Gasteiger partial charge on any atom is -0.465 e. The molecule has 0 radical (unpaired) electrons. The highest BCUT2D eigenvalue weighted by atomic mass is 35.5. The molecule has 0 aromatic heterocycles. The summed E-state index contributed by atoms with van der Waals surface area (Å²) in [6.45, 7) is 4.47. The van der Waals surface area contributed by atoms with Gasteiger partial charge in [-0.1, -0.05) is 25.4 Å². The van der Waals surface area contributed by atoms with E-state index in [1.54, 1.807) is 0 Å². The summed E-state index contributed by atoms with van der Waals surface area (Å²) in [5.41, 5.74) is 5.66. The lowest BCUT2D eigenvalue weighted by atomic mass is 9.81. The van der Waals surface area contributed by atoms with Gasteiger partial charge in [0.2, 0.25) is 10.0 Å². The highest BCUT2D eigenvalue weighted by Gasteiger charge is 2.40. The van der Waals surface area contributed by atoms with Gasteiger partial charge in [-0.2, -0.15) is 4.31 Å².